The van der Waals surface area contributed by atoms with Gasteiger partial charge in [0.25, 0.3) is 0 Å². The molecule has 0 aliphatic carbocycles. The van der Waals surface area contributed by atoms with Gasteiger partial charge in [-0.2, -0.15) is 4.57 Å². The first-order valence-corrected chi connectivity index (χ1v) is 9.69. The van der Waals surface area contributed by atoms with Gasteiger partial charge in [0, 0.05) is 11.1 Å². The Bertz CT molecular complexity index is 960. The molecule has 7 heteroatoms. The van der Waals surface area contributed by atoms with E-state index < -0.39 is 7.82 Å². The molecule has 0 amide bonds. The van der Waals surface area contributed by atoms with Crippen molar-refractivity contribution in [2.75, 3.05) is 0 Å². The highest BCUT2D eigenvalue weighted by molar-refractivity contribution is 7.48. The summed E-state index contributed by atoms with van der Waals surface area (Å²) in [4.78, 5) is 0. The molecule has 0 spiro atoms. The van der Waals surface area contributed by atoms with E-state index >= 15 is 0 Å². The molecule has 6 nitrogen and oxygen atoms in total. The van der Waals surface area contributed by atoms with Gasteiger partial charge in [-0.3, -0.25) is 9.25 Å². The van der Waals surface area contributed by atoms with Crippen molar-refractivity contribution < 1.29 is 18.3 Å². The third-order valence-corrected chi connectivity index (χ3v) is 4.74. The summed E-state index contributed by atoms with van der Waals surface area (Å²) >= 11 is 0. The molecule has 0 aromatic heterocycles. The normalized spacial score (nSPS) is 15.4. The maximum absolute atomic E-state index is 12.9. The number of para-hydroxylation sites is 1. The van der Waals surface area contributed by atoms with E-state index in [2.05, 4.69) is 10.3 Å². The second-order valence-corrected chi connectivity index (χ2v) is 7.03. The van der Waals surface area contributed by atoms with E-state index in [1.165, 1.54) is 0 Å². The fourth-order valence-electron chi connectivity index (χ4n) is 2.50. The van der Waals surface area contributed by atoms with Crippen molar-refractivity contribution in [3.05, 3.63) is 102 Å². The first-order valence-electron chi connectivity index (χ1n) is 8.23. The molecule has 0 saturated heterocycles. The minimum absolute atomic E-state index is 0.329. The lowest BCUT2D eigenvalue weighted by molar-refractivity contribution is 0.168. The zero-order valence-corrected chi connectivity index (χ0v) is 15.0. The van der Waals surface area contributed by atoms with E-state index in [1.807, 2.05) is 66.7 Å². The first kappa shape index (κ1) is 17.1. The van der Waals surface area contributed by atoms with Crippen LogP contribution in [0.1, 0.15) is 11.1 Å². The van der Waals surface area contributed by atoms with Gasteiger partial charge in [-0.15, -0.1) is 0 Å². The Hall–Kier alpha value is -3.37. The number of hydrogen-bond acceptors (Lipinski definition) is 6. The monoisotopic (exact) mass is 378 g/mol. The third-order valence-electron chi connectivity index (χ3n) is 3.74. The molecule has 0 saturated carbocycles. The molecule has 0 N–H and O–H groups in total. The number of nitrogens with zero attached hydrogens (tertiary/aromatic N) is 2. The van der Waals surface area contributed by atoms with Crippen LogP contribution in [0.5, 0.6) is 5.75 Å². The molecule has 0 atom stereocenters. The van der Waals surface area contributed by atoms with Crippen LogP contribution >= 0.6 is 7.82 Å². The first-order chi connectivity index (χ1) is 13.2. The topological polar surface area (TPSA) is 69.5 Å². The second-order valence-electron chi connectivity index (χ2n) is 5.63. The van der Waals surface area contributed by atoms with E-state index in [0.717, 1.165) is 11.1 Å². The predicted molar refractivity (Wildman–Crippen MR) is 103 cm³/mol. The molecular formula is C20H15N2O4P. The number of rotatable bonds is 4. The molecule has 1 heterocycles. The van der Waals surface area contributed by atoms with Crippen molar-refractivity contribution in [1.82, 2.24) is 0 Å². The molecule has 1 aliphatic rings. The van der Waals surface area contributed by atoms with Crippen LogP contribution in [0.25, 0.3) is 0 Å². The van der Waals surface area contributed by atoms with Gasteiger partial charge < -0.3 is 4.52 Å². The van der Waals surface area contributed by atoms with Gasteiger partial charge in [0.1, 0.15) is 17.2 Å². The quantitative estimate of drug-likeness (QED) is 0.597. The molecule has 3 aromatic carbocycles. The van der Waals surface area contributed by atoms with Crippen molar-refractivity contribution in [2.45, 2.75) is 0 Å². The van der Waals surface area contributed by atoms with Crippen LogP contribution in [0, 0.1) is 0 Å². The minimum Gasteiger partial charge on any atom is -0.384 e. The van der Waals surface area contributed by atoms with Crippen LogP contribution in [0.15, 0.2) is 101 Å². The van der Waals surface area contributed by atoms with Crippen LogP contribution in [-0.4, -0.2) is 11.4 Å². The molecule has 4 rings (SSSR count). The van der Waals surface area contributed by atoms with Gasteiger partial charge in [-0.25, -0.2) is 0 Å². The third kappa shape index (κ3) is 3.91. The zero-order chi connectivity index (χ0) is 18.5. The molecule has 1 aliphatic heterocycles. The van der Waals surface area contributed by atoms with E-state index in [4.69, 9.17) is 13.8 Å². The van der Waals surface area contributed by atoms with Gasteiger partial charge >= 0.3 is 7.82 Å². The maximum atomic E-state index is 12.9. The highest BCUT2D eigenvalue weighted by Crippen LogP contribution is 2.51. The minimum atomic E-state index is -4.07. The number of hydrogen-bond donors (Lipinski definition) is 0. The summed E-state index contributed by atoms with van der Waals surface area (Å²) in [5, 5.41) is 8.15. The van der Waals surface area contributed by atoms with E-state index in [1.54, 1.807) is 24.3 Å². The van der Waals surface area contributed by atoms with Gasteiger partial charge in [0.2, 0.25) is 0 Å². The molecule has 0 unspecified atom stereocenters. The average molecular weight is 378 g/mol. The fraction of sp³-hybridized carbons (Fsp3) is 0. The van der Waals surface area contributed by atoms with E-state index in [0.29, 0.717) is 17.2 Å². The molecular weight excluding hydrogens is 363 g/mol. The Morgan fingerprint density at radius 1 is 0.630 bits per heavy atom. The standard InChI is InChI=1S/C20H15N2O4P/c23-27(24-18-14-8-3-9-15-18)25-21-19(16-10-4-1-5-11-16)20(22-26-27)17-12-6-2-7-13-17/h1-15H. The Kier molecular flexibility index (Phi) is 4.73. The molecule has 0 fully saturated rings. The van der Waals surface area contributed by atoms with Gasteiger partial charge in [-0.1, -0.05) is 89.2 Å². The highest BCUT2D eigenvalue weighted by atomic mass is 31.2. The lowest BCUT2D eigenvalue weighted by Crippen LogP contribution is -2.16. The number of oxime groups is 2. The van der Waals surface area contributed by atoms with Crippen molar-refractivity contribution in [2.24, 2.45) is 10.3 Å². The molecule has 3 aromatic rings. The van der Waals surface area contributed by atoms with Crippen LogP contribution in [0.3, 0.4) is 0 Å². The Morgan fingerprint density at radius 3 is 1.48 bits per heavy atom. The summed E-state index contributed by atoms with van der Waals surface area (Å²) in [6, 6.07) is 27.3. The summed E-state index contributed by atoms with van der Waals surface area (Å²) in [6.45, 7) is 0. The SMILES string of the molecule is O=P1(Oc2ccccc2)ON=C(c2ccccc2)C(c2ccccc2)=NO1. The van der Waals surface area contributed by atoms with E-state index in [9.17, 15) is 4.57 Å². The number of benzene rings is 3. The lowest BCUT2D eigenvalue weighted by Gasteiger charge is -2.11. The molecule has 27 heavy (non-hydrogen) atoms. The Morgan fingerprint density at radius 2 is 1.04 bits per heavy atom. The van der Waals surface area contributed by atoms with E-state index in [-0.39, 0.29) is 0 Å². The molecule has 134 valence electrons. The number of phosphoric acid groups is 1. The van der Waals surface area contributed by atoms with Crippen molar-refractivity contribution in [3.8, 4) is 5.75 Å². The van der Waals surface area contributed by atoms with Gasteiger partial charge in [0.05, 0.1) is 0 Å². The largest absolute Gasteiger partial charge is 0.689 e. The maximum Gasteiger partial charge on any atom is 0.689 e. The Labute approximate surface area is 156 Å². The summed E-state index contributed by atoms with van der Waals surface area (Å²) in [5.41, 5.74) is 2.29. The smallest absolute Gasteiger partial charge is 0.384 e. The van der Waals surface area contributed by atoms with Crippen molar-refractivity contribution in [3.63, 3.8) is 0 Å². The summed E-state index contributed by atoms with van der Waals surface area (Å²) in [5.74, 6) is 0.329. The highest BCUT2D eigenvalue weighted by Gasteiger charge is 2.37. The molecule has 0 bridgehead atoms. The van der Waals surface area contributed by atoms with Crippen LogP contribution in [-0.2, 0) is 13.8 Å². The molecule has 0 radical (unpaired) electrons. The predicted octanol–water partition coefficient (Wildman–Crippen LogP) is 5.03. The van der Waals surface area contributed by atoms with Gasteiger partial charge in [-0.05, 0) is 12.1 Å². The Balaban J connectivity index is 1.74. The van der Waals surface area contributed by atoms with Crippen LogP contribution in [0.2, 0.25) is 0 Å². The van der Waals surface area contributed by atoms with Crippen LogP contribution < -0.4 is 4.52 Å². The van der Waals surface area contributed by atoms with Crippen molar-refractivity contribution in [1.29, 1.82) is 0 Å². The van der Waals surface area contributed by atoms with Gasteiger partial charge in [0.15, 0.2) is 0 Å². The van der Waals surface area contributed by atoms with Crippen LogP contribution in [0.4, 0.5) is 0 Å². The summed E-state index contributed by atoms with van der Waals surface area (Å²) in [7, 11) is -4.07. The summed E-state index contributed by atoms with van der Waals surface area (Å²) in [6.07, 6.45) is 0. The zero-order valence-electron chi connectivity index (χ0n) is 14.1. The summed E-state index contributed by atoms with van der Waals surface area (Å²) < 4.78 is 28.7. The fourth-order valence-corrected chi connectivity index (χ4v) is 3.34. The average Bonchev–Trinajstić information content (AvgIpc) is 2.89. The van der Waals surface area contributed by atoms with Crippen molar-refractivity contribution >= 4 is 19.2 Å². The second kappa shape index (κ2) is 7.48. The lowest BCUT2D eigenvalue weighted by atomic mass is 10.0.